The molecule has 0 saturated heterocycles. The SMILES string of the molecule is Cc1ccc(C(=O)c2csc(CN)n2)cc1C. The first-order valence-electron chi connectivity index (χ1n) is 5.38. The number of nitrogens with two attached hydrogens (primary N) is 1. The molecule has 2 rings (SSSR count). The predicted molar refractivity (Wildman–Crippen MR) is 69.4 cm³/mol. The minimum atomic E-state index is -0.0379. The van der Waals surface area contributed by atoms with Gasteiger partial charge in [-0.1, -0.05) is 12.1 Å². The van der Waals surface area contributed by atoms with Crippen molar-refractivity contribution in [1.29, 1.82) is 0 Å². The van der Waals surface area contributed by atoms with E-state index in [4.69, 9.17) is 5.73 Å². The maximum atomic E-state index is 12.1. The van der Waals surface area contributed by atoms with Crippen molar-refractivity contribution in [3.63, 3.8) is 0 Å². The van der Waals surface area contributed by atoms with Crippen LogP contribution in [0.4, 0.5) is 0 Å². The lowest BCUT2D eigenvalue weighted by molar-refractivity contribution is 0.103. The standard InChI is InChI=1S/C13H14N2OS/c1-8-3-4-10(5-9(8)2)13(16)11-7-17-12(6-14)15-11/h3-5,7H,6,14H2,1-2H3. The Balaban J connectivity index is 2.33. The molecular formula is C13H14N2OS. The first-order valence-corrected chi connectivity index (χ1v) is 6.26. The van der Waals surface area contributed by atoms with Crippen LogP contribution in [0.2, 0.25) is 0 Å². The van der Waals surface area contributed by atoms with Gasteiger partial charge in [-0.05, 0) is 31.0 Å². The Morgan fingerprint density at radius 2 is 2.12 bits per heavy atom. The van der Waals surface area contributed by atoms with Crippen molar-refractivity contribution in [2.75, 3.05) is 0 Å². The summed E-state index contributed by atoms with van der Waals surface area (Å²) < 4.78 is 0. The molecule has 1 aromatic heterocycles. The number of aromatic nitrogens is 1. The summed E-state index contributed by atoms with van der Waals surface area (Å²) in [7, 11) is 0. The van der Waals surface area contributed by atoms with Gasteiger partial charge in [0.15, 0.2) is 0 Å². The Bertz CT molecular complexity index is 560. The third-order valence-electron chi connectivity index (χ3n) is 2.73. The molecule has 4 heteroatoms. The minimum Gasteiger partial charge on any atom is -0.325 e. The second kappa shape index (κ2) is 4.77. The van der Waals surface area contributed by atoms with E-state index in [0.717, 1.165) is 10.6 Å². The van der Waals surface area contributed by atoms with Gasteiger partial charge in [0.2, 0.25) is 5.78 Å². The maximum absolute atomic E-state index is 12.1. The van der Waals surface area contributed by atoms with Gasteiger partial charge < -0.3 is 5.73 Å². The van der Waals surface area contributed by atoms with Crippen LogP contribution >= 0.6 is 11.3 Å². The molecule has 0 aliphatic heterocycles. The summed E-state index contributed by atoms with van der Waals surface area (Å²) in [5, 5.41) is 2.55. The van der Waals surface area contributed by atoms with Crippen LogP contribution in [0.1, 0.15) is 32.2 Å². The molecule has 0 saturated carbocycles. The number of nitrogens with zero attached hydrogens (tertiary/aromatic N) is 1. The average Bonchev–Trinajstić information content (AvgIpc) is 2.80. The number of thiazole rings is 1. The van der Waals surface area contributed by atoms with Crippen molar-refractivity contribution in [1.82, 2.24) is 4.98 Å². The number of carbonyl (C=O) groups is 1. The fraction of sp³-hybridized carbons (Fsp3) is 0.231. The van der Waals surface area contributed by atoms with E-state index in [1.165, 1.54) is 16.9 Å². The number of rotatable bonds is 3. The van der Waals surface area contributed by atoms with E-state index in [-0.39, 0.29) is 5.78 Å². The summed E-state index contributed by atoms with van der Waals surface area (Å²) >= 11 is 1.42. The van der Waals surface area contributed by atoms with Crippen LogP contribution in [0, 0.1) is 13.8 Å². The molecule has 1 heterocycles. The molecule has 0 atom stereocenters. The molecule has 0 fully saturated rings. The van der Waals surface area contributed by atoms with Crippen LogP contribution in [0.5, 0.6) is 0 Å². The highest BCUT2D eigenvalue weighted by molar-refractivity contribution is 7.09. The van der Waals surface area contributed by atoms with Crippen molar-refractivity contribution in [3.8, 4) is 0 Å². The van der Waals surface area contributed by atoms with Gasteiger partial charge in [-0.2, -0.15) is 0 Å². The Hall–Kier alpha value is -1.52. The molecule has 3 nitrogen and oxygen atoms in total. The zero-order valence-corrected chi connectivity index (χ0v) is 10.7. The van der Waals surface area contributed by atoms with Gasteiger partial charge in [0, 0.05) is 17.5 Å². The molecule has 88 valence electrons. The van der Waals surface area contributed by atoms with Crippen LogP contribution in [0.3, 0.4) is 0 Å². The smallest absolute Gasteiger partial charge is 0.212 e. The van der Waals surface area contributed by atoms with Crippen LogP contribution in [0.15, 0.2) is 23.6 Å². The monoisotopic (exact) mass is 246 g/mol. The van der Waals surface area contributed by atoms with Gasteiger partial charge in [-0.3, -0.25) is 4.79 Å². The quantitative estimate of drug-likeness (QED) is 0.846. The molecule has 0 aliphatic carbocycles. The van der Waals surface area contributed by atoms with Gasteiger partial charge in [0.25, 0.3) is 0 Å². The first kappa shape index (κ1) is 12.0. The minimum absolute atomic E-state index is 0.0379. The molecule has 0 aliphatic rings. The zero-order valence-electron chi connectivity index (χ0n) is 9.86. The lowest BCUT2D eigenvalue weighted by Crippen LogP contribution is -2.04. The molecule has 0 spiro atoms. The van der Waals surface area contributed by atoms with E-state index in [0.29, 0.717) is 17.8 Å². The Morgan fingerprint density at radius 3 is 2.71 bits per heavy atom. The molecule has 17 heavy (non-hydrogen) atoms. The van der Waals surface area contributed by atoms with E-state index < -0.39 is 0 Å². The Morgan fingerprint density at radius 1 is 1.35 bits per heavy atom. The molecule has 0 radical (unpaired) electrons. The van der Waals surface area contributed by atoms with Crippen molar-refractivity contribution >= 4 is 17.1 Å². The van der Waals surface area contributed by atoms with Crippen LogP contribution in [-0.2, 0) is 6.54 Å². The van der Waals surface area contributed by atoms with E-state index in [1.54, 1.807) is 5.38 Å². The highest BCUT2D eigenvalue weighted by Crippen LogP contribution is 2.16. The predicted octanol–water partition coefficient (Wildman–Crippen LogP) is 2.45. The molecule has 2 aromatic rings. The number of benzene rings is 1. The summed E-state index contributed by atoms with van der Waals surface area (Å²) in [4.78, 5) is 16.3. The van der Waals surface area contributed by atoms with Crippen molar-refractivity contribution in [2.45, 2.75) is 20.4 Å². The third-order valence-corrected chi connectivity index (χ3v) is 3.60. The van der Waals surface area contributed by atoms with Gasteiger partial charge in [0.05, 0.1) is 0 Å². The highest BCUT2D eigenvalue weighted by Gasteiger charge is 2.13. The van der Waals surface area contributed by atoms with Crippen LogP contribution < -0.4 is 5.73 Å². The molecule has 0 amide bonds. The van der Waals surface area contributed by atoms with E-state index >= 15 is 0 Å². The zero-order chi connectivity index (χ0) is 12.4. The van der Waals surface area contributed by atoms with Crippen molar-refractivity contribution in [2.24, 2.45) is 5.73 Å². The maximum Gasteiger partial charge on any atom is 0.212 e. The number of ketones is 1. The van der Waals surface area contributed by atoms with E-state index in [1.807, 2.05) is 32.0 Å². The fourth-order valence-corrected chi connectivity index (χ4v) is 2.19. The molecule has 0 unspecified atom stereocenters. The summed E-state index contributed by atoms with van der Waals surface area (Å²) in [6.45, 7) is 4.41. The topological polar surface area (TPSA) is 56.0 Å². The second-order valence-electron chi connectivity index (χ2n) is 3.96. The summed E-state index contributed by atoms with van der Waals surface area (Å²) in [5.74, 6) is -0.0379. The highest BCUT2D eigenvalue weighted by atomic mass is 32.1. The van der Waals surface area contributed by atoms with Gasteiger partial charge in [-0.15, -0.1) is 11.3 Å². The average molecular weight is 246 g/mol. The first-order chi connectivity index (χ1) is 8.11. The lowest BCUT2D eigenvalue weighted by atomic mass is 10.0. The number of carbonyl (C=O) groups excluding carboxylic acids is 1. The number of hydrogen-bond donors (Lipinski definition) is 1. The largest absolute Gasteiger partial charge is 0.325 e. The molecule has 2 N–H and O–H groups in total. The Labute approximate surface area is 104 Å². The molecular weight excluding hydrogens is 232 g/mol. The van der Waals surface area contributed by atoms with Crippen molar-refractivity contribution < 1.29 is 4.79 Å². The second-order valence-corrected chi connectivity index (χ2v) is 4.90. The normalized spacial score (nSPS) is 10.5. The number of hydrogen-bond acceptors (Lipinski definition) is 4. The summed E-state index contributed by atoms with van der Waals surface area (Å²) in [6.07, 6.45) is 0. The fourth-order valence-electron chi connectivity index (χ4n) is 1.54. The van der Waals surface area contributed by atoms with E-state index in [2.05, 4.69) is 4.98 Å². The van der Waals surface area contributed by atoms with Crippen LogP contribution in [0.25, 0.3) is 0 Å². The lowest BCUT2D eigenvalue weighted by Gasteiger charge is -2.02. The van der Waals surface area contributed by atoms with Crippen molar-refractivity contribution in [3.05, 3.63) is 51.0 Å². The van der Waals surface area contributed by atoms with Gasteiger partial charge in [-0.25, -0.2) is 4.98 Å². The summed E-state index contributed by atoms with van der Waals surface area (Å²) in [5.41, 5.74) is 8.95. The third kappa shape index (κ3) is 2.43. The number of aryl methyl sites for hydroxylation is 2. The van der Waals surface area contributed by atoms with Gasteiger partial charge >= 0.3 is 0 Å². The molecule has 0 bridgehead atoms. The van der Waals surface area contributed by atoms with Crippen LogP contribution in [-0.4, -0.2) is 10.8 Å². The summed E-state index contributed by atoms with van der Waals surface area (Å²) in [6, 6.07) is 5.70. The Kier molecular flexibility index (Phi) is 3.36. The molecule has 1 aromatic carbocycles. The van der Waals surface area contributed by atoms with E-state index in [9.17, 15) is 4.79 Å². The van der Waals surface area contributed by atoms with Gasteiger partial charge in [0.1, 0.15) is 10.7 Å².